The van der Waals surface area contributed by atoms with Crippen LogP contribution in [0.3, 0.4) is 0 Å². The van der Waals surface area contributed by atoms with Crippen LogP contribution < -0.4 is 5.32 Å². The van der Waals surface area contributed by atoms with Gasteiger partial charge in [-0.15, -0.1) is 0 Å². The fourth-order valence-electron chi connectivity index (χ4n) is 1.77. The summed E-state index contributed by atoms with van der Waals surface area (Å²) in [7, 11) is 0. The lowest BCUT2D eigenvalue weighted by atomic mass is 10.1. The van der Waals surface area contributed by atoms with Gasteiger partial charge in [0.2, 0.25) is 0 Å². The van der Waals surface area contributed by atoms with Gasteiger partial charge in [0.1, 0.15) is 5.76 Å². The average Bonchev–Trinajstić information content (AvgIpc) is 2.86. The van der Waals surface area contributed by atoms with Crippen LogP contribution >= 0.6 is 15.9 Å². The lowest BCUT2D eigenvalue weighted by Crippen LogP contribution is -2.23. The minimum absolute atomic E-state index is 0.0109. The number of aliphatic hydroxyl groups excluding tert-OH is 1. The summed E-state index contributed by atoms with van der Waals surface area (Å²) >= 11 is 3.54. The van der Waals surface area contributed by atoms with Gasteiger partial charge in [0.15, 0.2) is 0 Å². The molecule has 1 aromatic heterocycles. The van der Waals surface area contributed by atoms with Gasteiger partial charge in [-0.1, -0.05) is 28.1 Å². The lowest BCUT2D eigenvalue weighted by Gasteiger charge is -2.14. The highest BCUT2D eigenvalue weighted by molar-refractivity contribution is 9.10. The highest BCUT2D eigenvalue weighted by Gasteiger charge is 2.12. The number of halogens is 1. The maximum atomic E-state index is 9.36. The predicted molar refractivity (Wildman–Crippen MR) is 74.3 cm³/mol. The molecule has 2 N–H and O–H groups in total. The maximum absolute atomic E-state index is 9.36. The second kappa shape index (κ2) is 6.18. The van der Waals surface area contributed by atoms with E-state index in [1.807, 2.05) is 12.1 Å². The average molecular weight is 310 g/mol. The van der Waals surface area contributed by atoms with Crippen molar-refractivity contribution in [3.05, 3.63) is 58.0 Å². The van der Waals surface area contributed by atoms with E-state index in [0.717, 1.165) is 15.8 Å². The van der Waals surface area contributed by atoms with Gasteiger partial charge < -0.3 is 14.8 Å². The molecule has 0 bridgehead atoms. The van der Waals surface area contributed by atoms with Gasteiger partial charge in [-0.25, -0.2) is 0 Å². The summed E-state index contributed by atoms with van der Waals surface area (Å²) < 4.78 is 6.37. The van der Waals surface area contributed by atoms with E-state index < -0.39 is 0 Å². The Hall–Kier alpha value is -1.10. The topological polar surface area (TPSA) is 45.4 Å². The number of hydrogen-bond acceptors (Lipinski definition) is 3. The zero-order chi connectivity index (χ0) is 13.0. The van der Waals surface area contributed by atoms with Crippen molar-refractivity contribution in [2.45, 2.75) is 19.5 Å². The van der Waals surface area contributed by atoms with Crippen LogP contribution in [0.1, 0.15) is 22.9 Å². The van der Waals surface area contributed by atoms with E-state index in [1.165, 1.54) is 5.56 Å². The maximum Gasteiger partial charge on any atom is 0.123 e. The van der Waals surface area contributed by atoms with Crippen LogP contribution in [-0.4, -0.2) is 11.7 Å². The fraction of sp³-hybridized carbons (Fsp3) is 0.286. The Kier molecular flexibility index (Phi) is 4.58. The summed E-state index contributed by atoms with van der Waals surface area (Å²) in [5.74, 6) is 0.751. The van der Waals surface area contributed by atoms with Gasteiger partial charge in [-0.2, -0.15) is 0 Å². The number of aryl methyl sites for hydroxylation is 1. The minimum atomic E-state index is -0.173. The molecule has 0 aliphatic rings. The van der Waals surface area contributed by atoms with Gasteiger partial charge in [0.25, 0.3) is 0 Å². The second-order valence-electron chi connectivity index (χ2n) is 4.23. The van der Waals surface area contributed by atoms with Crippen molar-refractivity contribution < 1.29 is 9.52 Å². The Bertz CT molecular complexity index is 497. The first-order valence-electron chi connectivity index (χ1n) is 5.83. The summed E-state index contributed by atoms with van der Waals surface area (Å²) in [6.07, 6.45) is 1.61. The van der Waals surface area contributed by atoms with E-state index in [2.05, 4.69) is 46.4 Å². The summed E-state index contributed by atoms with van der Waals surface area (Å²) in [6.45, 7) is 2.74. The first-order valence-corrected chi connectivity index (χ1v) is 6.62. The summed E-state index contributed by atoms with van der Waals surface area (Å²) in [5.41, 5.74) is 2.38. The molecule has 0 saturated heterocycles. The highest BCUT2D eigenvalue weighted by Crippen LogP contribution is 2.20. The van der Waals surface area contributed by atoms with Crippen molar-refractivity contribution in [2.24, 2.45) is 0 Å². The molecule has 0 spiro atoms. The van der Waals surface area contributed by atoms with Crippen LogP contribution in [0.4, 0.5) is 0 Å². The first-order chi connectivity index (χ1) is 8.70. The Morgan fingerprint density at radius 3 is 2.83 bits per heavy atom. The second-order valence-corrected chi connectivity index (χ2v) is 5.08. The number of rotatable bonds is 5. The highest BCUT2D eigenvalue weighted by atomic mass is 79.9. The van der Waals surface area contributed by atoms with Crippen molar-refractivity contribution in [3.8, 4) is 0 Å². The number of nitrogens with one attached hydrogen (secondary N) is 1. The molecule has 0 unspecified atom stereocenters. The normalized spacial score (nSPS) is 12.6. The third-order valence-electron chi connectivity index (χ3n) is 2.82. The molecule has 4 heteroatoms. The van der Waals surface area contributed by atoms with Crippen molar-refractivity contribution in [2.75, 3.05) is 6.61 Å². The first kappa shape index (κ1) is 13.3. The van der Waals surface area contributed by atoms with Gasteiger partial charge in [0.05, 0.1) is 18.9 Å². The van der Waals surface area contributed by atoms with Crippen LogP contribution in [0, 0.1) is 6.92 Å². The molecule has 0 saturated carbocycles. The molecule has 96 valence electrons. The monoisotopic (exact) mass is 309 g/mol. The number of hydrogen-bond donors (Lipinski definition) is 2. The SMILES string of the molecule is Cc1ccc(CN[C@H](CO)c2ccco2)c(Br)c1. The van der Waals surface area contributed by atoms with Gasteiger partial charge in [0, 0.05) is 11.0 Å². The molecular formula is C14H16BrNO2. The number of aliphatic hydroxyl groups is 1. The van der Waals surface area contributed by atoms with Gasteiger partial charge >= 0.3 is 0 Å². The van der Waals surface area contributed by atoms with E-state index >= 15 is 0 Å². The molecular weight excluding hydrogens is 294 g/mol. The quantitative estimate of drug-likeness (QED) is 0.891. The molecule has 0 amide bonds. The minimum Gasteiger partial charge on any atom is -0.468 e. The molecule has 0 aliphatic heterocycles. The summed E-state index contributed by atoms with van der Waals surface area (Å²) in [5, 5.41) is 12.6. The molecule has 1 aromatic carbocycles. The fourth-order valence-corrected chi connectivity index (χ4v) is 2.41. The van der Waals surface area contributed by atoms with Crippen LogP contribution in [0.2, 0.25) is 0 Å². The molecule has 2 rings (SSSR count). The Morgan fingerprint density at radius 1 is 1.39 bits per heavy atom. The van der Waals surface area contributed by atoms with Crippen LogP contribution in [0.15, 0.2) is 45.5 Å². The molecule has 2 aromatic rings. The number of benzene rings is 1. The van der Waals surface area contributed by atoms with Crippen molar-refractivity contribution in [1.82, 2.24) is 5.32 Å². The van der Waals surface area contributed by atoms with Crippen molar-refractivity contribution in [3.63, 3.8) is 0 Å². The standard InChI is InChI=1S/C14H16BrNO2/c1-10-4-5-11(12(15)7-10)8-16-13(9-17)14-3-2-6-18-14/h2-7,13,16-17H,8-9H2,1H3/t13-/m1/s1. The molecule has 0 radical (unpaired) electrons. The molecule has 0 aliphatic carbocycles. The van der Waals surface area contributed by atoms with Gasteiger partial charge in [-0.05, 0) is 36.2 Å². The lowest BCUT2D eigenvalue weighted by molar-refractivity contribution is 0.225. The molecule has 0 fully saturated rings. The van der Waals surface area contributed by atoms with E-state index in [9.17, 15) is 5.11 Å². The van der Waals surface area contributed by atoms with Crippen molar-refractivity contribution >= 4 is 15.9 Å². The zero-order valence-corrected chi connectivity index (χ0v) is 11.8. The molecule has 18 heavy (non-hydrogen) atoms. The molecule has 1 atom stereocenters. The third kappa shape index (κ3) is 3.22. The predicted octanol–water partition coefficient (Wildman–Crippen LogP) is 3.17. The summed E-state index contributed by atoms with van der Waals surface area (Å²) in [4.78, 5) is 0. The Morgan fingerprint density at radius 2 is 2.22 bits per heavy atom. The largest absolute Gasteiger partial charge is 0.468 e. The summed E-state index contributed by atoms with van der Waals surface area (Å²) in [6, 6.07) is 9.73. The zero-order valence-electron chi connectivity index (χ0n) is 10.2. The van der Waals surface area contributed by atoms with Crippen molar-refractivity contribution in [1.29, 1.82) is 0 Å². The van der Waals surface area contributed by atoms with E-state index in [1.54, 1.807) is 6.26 Å². The third-order valence-corrected chi connectivity index (χ3v) is 3.55. The molecule has 3 nitrogen and oxygen atoms in total. The Balaban J connectivity index is 2.02. The van der Waals surface area contributed by atoms with Crippen LogP contribution in [0.25, 0.3) is 0 Å². The van der Waals surface area contributed by atoms with E-state index in [0.29, 0.717) is 6.54 Å². The smallest absolute Gasteiger partial charge is 0.123 e. The Labute approximate surface area is 115 Å². The number of furan rings is 1. The van der Waals surface area contributed by atoms with E-state index in [4.69, 9.17) is 4.42 Å². The van der Waals surface area contributed by atoms with Gasteiger partial charge in [-0.3, -0.25) is 0 Å². The van der Waals surface area contributed by atoms with E-state index in [-0.39, 0.29) is 12.6 Å². The van der Waals surface area contributed by atoms with Crippen LogP contribution in [0.5, 0.6) is 0 Å². The molecule has 1 heterocycles. The van der Waals surface area contributed by atoms with Crippen LogP contribution in [-0.2, 0) is 6.54 Å².